The van der Waals surface area contributed by atoms with Crippen LogP contribution in [0, 0.1) is 5.92 Å². The highest BCUT2D eigenvalue weighted by atomic mass is 16.6. The Kier molecular flexibility index (Phi) is 9.37. The van der Waals surface area contributed by atoms with Crippen LogP contribution in [0.15, 0.2) is 59.4 Å². The molecule has 3 amide bonds. The molecule has 6 rings (SSSR count). The molecular weight excluding hydrogens is 602 g/mol. The number of amides is 3. The maximum absolute atomic E-state index is 13.7. The number of carbonyl (C=O) groups excluding carboxylic acids is 3. The van der Waals surface area contributed by atoms with Gasteiger partial charge in [0.15, 0.2) is 0 Å². The Bertz CT molecular complexity index is 1690. The van der Waals surface area contributed by atoms with Crippen LogP contribution in [0.4, 0.5) is 16.2 Å². The fourth-order valence-electron chi connectivity index (χ4n) is 6.97. The van der Waals surface area contributed by atoms with Crippen LogP contribution in [0.25, 0.3) is 0 Å². The van der Waals surface area contributed by atoms with Crippen LogP contribution in [0.1, 0.15) is 58.5 Å². The summed E-state index contributed by atoms with van der Waals surface area (Å²) in [5.41, 5.74) is 3.11. The number of benzene rings is 2. The van der Waals surface area contributed by atoms with Gasteiger partial charge in [-0.25, -0.2) is 4.79 Å². The van der Waals surface area contributed by atoms with Gasteiger partial charge >= 0.3 is 6.09 Å². The van der Waals surface area contributed by atoms with Gasteiger partial charge in [0.1, 0.15) is 11.5 Å². The maximum atomic E-state index is 13.7. The molecule has 0 spiro atoms. The molecule has 12 nitrogen and oxygen atoms in total. The lowest BCUT2D eigenvalue weighted by molar-refractivity contribution is 0.0859. The minimum absolute atomic E-state index is 0.0225. The highest BCUT2D eigenvalue weighted by Crippen LogP contribution is 2.39. The van der Waals surface area contributed by atoms with Gasteiger partial charge in [-0.3, -0.25) is 14.4 Å². The normalized spacial score (nSPS) is 19.0. The quantitative estimate of drug-likeness (QED) is 0.376. The lowest BCUT2D eigenvalue weighted by Crippen LogP contribution is -2.47. The number of hydrogen-bond acceptors (Lipinski definition) is 8. The average molecular weight is 644 g/mol. The van der Waals surface area contributed by atoms with E-state index < -0.39 is 0 Å². The van der Waals surface area contributed by atoms with Crippen LogP contribution in [0.5, 0.6) is 11.5 Å². The van der Waals surface area contributed by atoms with Crippen molar-refractivity contribution >= 4 is 29.3 Å². The third-order valence-electron chi connectivity index (χ3n) is 9.30. The minimum atomic E-state index is -0.374. The van der Waals surface area contributed by atoms with Gasteiger partial charge in [0, 0.05) is 73.6 Å². The fourth-order valence-corrected chi connectivity index (χ4v) is 6.97. The first kappa shape index (κ1) is 32.0. The molecule has 1 aromatic heterocycles. The molecule has 2 unspecified atom stereocenters. The number of nitrogens with one attached hydrogen (secondary N) is 2. The van der Waals surface area contributed by atoms with Crippen LogP contribution >= 0.6 is 0 Å². The summed E-state index contributed by atoms with van der Waals surface area (Å²) in [6.45, 7) is 5.11. The number of pyridine rings is 1. The lowest BCUT2D eigenvalue weighted by Gasteiger charge is -2.44. The number of nitrogens with zero attached hydrogens (tertiary/aromatic N) is 3. The maximum Gasteiger partial charge on any atom is 0.409 e. The largest absolute Gasteiger partial charge is 0.497 e. The zero-order valence-electron chi connectivity index (χ0n) is 27.0. The Labute approximate surface area is 273 Å². The van der Waals surface area contributed by atoms with Gasteiger partial charge in [-0.2, -0.15) is 0 Å². The average Bonchev–Trinajstić information content (AvgIpc) is 3.08. The molecule has 3 aliphatic rings. The highest BCUT2D eigenvalue weighted by molar-refractivity contribution is 6.07. The summed E-state index contributed by atoms with van der Waals surface area (Å²) in [4.78, 5) is 55.8. The van der Waals surface area contributed by atoms with Crippen LogP contribution < -0.4 is 30.6 Å². The number of hydrogen-bond donors (Lipinski definition) is 2. The predicted molar refractivity (Wildman–Crippen MR) is 177 cm³/mol. The molecule has 0 saturated carbocycles. The first-order valence-electron chi connectivity index (χ1n) is 16.1. The molecule has 2 atom stereocenters. The van der Waals surface area contributed by atoms with E-state index in [2.05, 4.69) is 15.5 Å². The highest BCUT2D eigenvalue weighted by Gasteiger charge is 2.35. The van der Waals surface area contributed by atoms with Gasteiger partial charge < -0.3 is 39.2 Å². The molecule has 3 aromatic rings. The third-order valence-corrected chi connectivity index (χ3v) is 9.30. The number of likely N-dealkylation sites (tertiary alicyclic amines) is 1. The molecule has 47 heavy (non-hydrogen) atoms. The van der Waals surface area contributed by atoms with Gasteiger partial charge in [0.2, 0.25) is 0 Å². The molecule has 2 bridgehead atoms. The predicted octanol–water partition coefficient (Wildman–Crippen LogP) is 4.09. The third kappa shape index (κ3) is 6.91. The Morgan fingerprint density at radius 1 is 0.872 bits per heavy atom. The number of rotatable bonds is 8. The van der Waals surface area contributed by atoms with Crippen molar-refractivity contribution in [3.8, 4) is 11.5 Å². The Balaban J connectivity index is 1.26. The van der Waals surface area contributed by atoms with Gasteiger partial charge in [-0.1, -0.05) is 6.07 Å². The fraction of sp³-hybridized carbons (Fsp3) is 0.429. The van der Waals surface area contributed by atoms with Crippen molar-refractivity contribution in [3.05, 3.63) is 81.8 Å². The smallest absolute Gasteiger partial charge is 0.409 e. The van der Waals surface area contributed by atoms with Gasteiger partial charge in [0.25, 0.3) is 17.4 Å². The topological polar surface area (TPSA) is 131 Å². The van der Waals surface area contributed by atoms with E-state index in [4.69, 9.17) is 14.2 Å². The molecular formula is C35H41N5O7. The van der Waals surface area contributed by atoms with E-state index in [1.807, 2.05) is 22.8 Å². The Morgan fingerprint density at radius 3 is 2.32 bits per heavy atom. The standard InChI is InChI=1S/C35H41N5O7/c1-4-47-35(44)38-12-10-26(11-13-38)36-33(42)23-8-9-31(29(17-23)37-34(43)24-15-27(45-2)18-28(16-24)46-3)39-19-22-14-25(21-39)30-6-5-7-32(41)40(30)20-22/h5-9,15-18,22,25-26H,4,10-14,19-21H2,1-3H3,(H,36,42)(H,37,43). The minimum Gasteiger partial charge on any atom is -0.497 e. The van der Waals surface area contributed by atoms with Crippen LogP contribution in [-0.2, 0) is 11.3 Å². The first-order chi connectivity index (χ1) is 22.8. The van der Waals surface area contributed by atoms with Crippen molar-refractivity contribution in [2.75, 3.05) is 57.2 Å². The molecule has 0 radical (unpaired) electrons. The van der Waals surface area contributed by atoms with Crippen LogP contribution in [0.2, 0.25) is 0 Å². The number of fused-ring (bicyclic) bond motifs is 4. The zero-order valence-corrected chi connectivity index (χ0v) is 27.0. The van der Waals surface area contributed by atoms with E-state index in [0.717, 1.165) is 17.8 Å². The Morgan fingerprint density at radius 2 is 1.62 bits per heavy atom. The van der Waals surface area contributed by atoms with E-state index >= 15 is 0 Å². The summed E-state index contributed by atoms with van der Waals surface area (Å²) in [7, 11) is 3.05. The lowest BCUT2D eigenvalue weighted by atomic mass is 9.83. The number of methoxy groups -OCH3 is 2. The summed E-state index contributed by atoms with van der Waals surface area (Å²) in [5.74, 6) is 0.751. The SMILES string of the molecule is CCOC(=O)N1CCC(NC(=O)c2ccc(N3CC4CC(C3)c3cccc(=O)n3C4)c(NC(=O)c3cc(OC)cc(OC)c3)c2)CC1. The zero-order chi connectivity index (χ0) is 33.1. The molecule has 2 fully saturated rings. The molecule has 0 aliphatic carbocycles. The van der Waals surface area contributed by atoms with Crippen molar-refractivity contribution in [1.29, 1.82) is 0 Å². The van der Waals surface area contributed by atoms with Crippen molar-refractivity contribution in [2.45, 2.75) is 44.7 Å². The second kappa shape index (κ2) is 13.8. The Hall–Kier alpha value is -5.00. The molecule has 3 aliphatic heterocycles. The molecule has 248 valence electrons. The second-order valence-electron chi connectivity index (χ2n) is 12.3. The van der Waals surface area contributed by atoms with Crippen molar-refractivity contribution < 1.29 is 28.6 Å². The van der Waals surface area contributed by atoms with Gasteiger partial charge in [-0.15, -0.1) is 0 Å². The van der Waals surface area contributed by atoms with E-state index in [0.29, 0.717) is 80.5 Å². The van der Waals surface area contributed by atoms with E-state index in [9.17, 15) is 19.2 Å². The number of anilines is 2. The van der Waals surface area contributed by atoms with Crippen molar-refractivity contribution in [2.24, 2.45) is 5.92 Å². The van der Waals surface area contributed by atoms with E-state index in [-0.39, 0.29) is 41.3 Å². The summed E-state index contributed by atoms with van der Waals surface area (Å²) >= 11 is 0. The molecule has 2 aromatic carbocycles. The number of carbonyl (C=O) groups is 3. The van der Waals surface area contributed by atoms with Crippen molar-refractivity contribution in [3.63, 3.8) is 0 Å². The second-order valence-corrected chi connectivity index (χ2v) is 12.3. The monoisotopic (exact) mass is 643 g/mol. The number of ether oxygens (including phenoxy) is 3. The van der Waals surface area contributed by atoms with Crippen molar-refractivity contribution in [1.82, 2.24) is 14.8 Å². The number of piperidine rings is 2. The van der Waals surface area contributed by atoms with Crippen LogP contribution in [-0.4, -0.2) is 80.4 Å². The molecule has 4 heterocycles. The summed E-state index contributed by atoms with van der Waals surface area (Å²) < 4.78 is 17.8. The van der Waals surface area contributed by atoms with Crippen LogP contribution in [0.3, 0.4) is 0 Å². The molecule has 12 heteroatoms. The molecule has 2 N–H and O–H groups in total. The van der Waals surface area contributed by atoms with Gasteiger partial charge in [0.05, 0.1) is 32.2 Å². The number of aromatic nitrogens is 1. The summed E-state index contributed by atoms with van der Waals surface area (Å²) in [6, 6.07) is 15.7. The van der Waals surface area contributed by atoms with E-state index in [1.54, 1.807) is 48.2 Å². The summed E-state index contributed by atoms with van der Waals surface area (Å²) in [6.07, 6.45) is 1.89. The molecule has 2 saturated heterocycles. The van der Waals surface area contributed by atoms with Gasteiger partial charge in [-0.05, 0) is 68.5 Å². The van der Waals surface area contributed by atoms with E-state index in [1.165, 1.54) is 14.2 Å². The first-order valence-corrected chi connectivity index (χ1v) is 16.1. The summed E-state index contributed by atoms with van der Waals surface area (Å²) in [5, 5.41) is 6.17.